The van der Waals surface area contributed by atoms with Crippen LogP contribution in [-0.2, 0) is 19.4 Å². The molecule has 174 valence electrons. The highest BCUT2D eigenvalue weighted by Gasteiger charge is 2.36. The maximum atomic E-state index is 13.9. The summed E-state index contributed by atoms with van der Waals surface area (Å²) < 4.78 is 27.9. The van der Waals surface area contributed by atoms with Crippen molar-refractivity contribution in [2.24, 2.45) is 17.5 Å². The number of nitrogens with zero attached hydrogens (tertiary/aromatic N) is 6. The van der Waals surface area contributed by atoms with Crippen LogP contribution >= 0.6 is 0 Å². The number of allylic oxidation sites excluding steroid dienone is 1. The Morgan fingerprint density at radius 3 is 2.75 bits per heavy atom. The Bertz CT molecular complexity index is 980. The molecule has 1 aliphatic heterocycles. The Kier molecular flexibility index (Phi) is 6.32. The van der Waals surface area contributed by atoms with Crippen LogP contribution in [0.15, 0.2) is 24.0 Å². The lowest BCUT2D eigenvalue weighted by Crippen LogP contribution is -2.43. The molecule has 0 bridgehead atoms. The fraction of sp³-hybridized carbons (Fsp3) is 0.591. The summed E-state index contributed by atoms with van der Waals surface area (Å²) in [6.45, 7) is 2.59. The van der Waals surface area contributed by atoms with E-state index < -0.39 is 5.92 Å². The number of rotatable bonds is 8. The molecule has 0 unspecified atom stereocenters. The maximum Gasteiger partial charge on any atom is 0.265 e. The Hall–Kier alpha value is -2.75. The molecule has 10 heteroatoms. The number of aryl methyl sites for hydroxylation is 1. The first kappa shape index (κ1) is 22.4. The number of hydrazine groups is 1. The third-order valence-electron chi connectivity index (χ3n) is 6.10. The Balaban J connectivity index is 1.58. The number of halogens is 2. The second kappa shape index (κ2) is 9.01. The van der Waals surface area contributed by atoms with Gasteiger partial charge >= 0.3 is 0 Å². The van der Waals surface area contributed by atoms with Crippen molar-refractivity contribution in [2.45, 2.75) is 57.9 Å². The van der Waals surface area contributed by atoms with E-state index in [-0.39, 0.29) is 13.0 Å². The van der Waals surface area contributed by atoms with E-state index in [1.807, 2.05) is 13.0 Å². The molecule has 0 atom stereocenters. The van der Waals surface area contributed by atoms with Gasteiger partial charge in [0.15, 0.2) is 0 Å². The molecular formula is C22H32F2N8. The normalized spacial score (nSPS) is 19.1. The van der Waals surface area contributed by atoms with Gasteiger partial charge in [-0.05, 0) is 50.2 Å². The average Bonchev–Trinajstić information content (AvgIpc) is 3.46. The van der Waals surface area contributed by atoms with Gasteiger partial charge in [-0.2, -0.15) is 15.0 Å². The third kappa shape index (κ3) is 5.17. The summed E-state index contributed by atoms with van der Waals surface area (Å²) in [6, 6.07) is 3.61. The van der Waals surface area contributed by atoms with E-state index in [0.717, 1.165) is 29.4 Å². The molecule has 2 aromatic rings. The van der Waals surface area contributed by atoms with Gasteiger partial charge in [-0.15, -0.1) is 0 Å². The van der Waals surface area contributed by atoms with Crippen molar-refractivity contribution in [2.75, 3.05) is 25.0 Å². The monoisotopic (exact) mass is 446 g/mol. The smallest absolute Gasteiger partial charge is 0.265 e. The van der Waals surface area contributed by atoms with Crippen LogP contribution in [0.5, 0.6) is 0 Å². The molecule has 2 aliphatic rings. The lowest BCUT2D eigenvalue weighted by atomic mass is 10.1. The average molecular weight is 447 g/mol. The molecule has 0 aromatic carbocycles. The van der Waals surface area contributed by atoms with Crippen LogP contribution in [0.2, 0.25) is 0 Å². The van der Waals surface area contributed by atoms with E-state index in [4.69, 9.17) is 16.6 Å². The van der Waals surface area contributed by atoms with Crippen LogP contribution in [-0.4, -0.2) is 51.0 Å². The van der Waals surface area contributed by atoms with Gasteiger partial charge in [0, 0.05) is 20.0 Å². The molecule has 0 radical (unpaired) electrons. The molecule has 1 aliphatic carbocycles. The summed E-state index contributed by atoms with van der Waals surface area (Å²) in [5, 5.41) is 10.4. The molecule has 0 amide bonds. The zero-order valence-corrected chi connectivity index (χ0v) is 18.8. The predicted molar refractivity (Wildman–Crippen MR) is 120 cm³/mol. The summed E-state index contributed by atoms with van der Waals surface area (Å²) in [5.74, 6) is 4.13. The summed E-state index contributed by atoms with van der Waals surface area (Å²) in [7, 11) is 1.71. The van der Waals surface area contributed by atoms with E-state index in [2.05, 4.69) is 10.2 Å². The molecule has 2 aromatic heterocycles. The zero-order valence-electron chi connectivity index (χ0n) is 18.8. The van der Waals surface area contributed by atoms with E-state index in [1.54, 1.807) is 29.0 Å². The standard InChI is InChI=1S/C22H32F2N8/c1-3-17-19(31-10-4-9-22(23,24)14-31)8-7-18(28-17)21(25)20(30(2)26)13-32-27-12-16(29-32)11-15-5-6-15/h7-8,12,15H,3-6,9-11,13-14,25-26H2,1-2H3/b21-20-. The number of alkyl halides is 2. The third-order valence-corrected chi connectivity index (χ3v) is 6.10. The van der Waals surface area contributed by atoms with Crippen LogP contribution in [0.1, 0.15) is 49.7 Å². The highest BCUT2D eigenvalue weighted by atomic mass is 19.3. The van der Waals surface area contributed by atoms with Gasteiger partial charge in [-0.1, -0.05) is 6.92 Å². The van der Waals surface area contributed by atoms with Crippen LogP contribution < -0.4 is 16.5 Å². The van der Waals surface area contributed by atoms with E-state index in [9.17, 15) is 8.78 Å². The molecule has 1 saturated carbocycles. The number of aromatic nitrogens is 4. The fourth-order valence-corrected chi connectivity index (χ4v) is 4.15. The summed E-state index contributed by atoms with van der Waals surface area (Å²) >= 11 is 0. The van der Waals surface area contributed by atoms with Crippen molar-refractivity contribution < 1.29 is 8.78 Å². The molecule has 0 spiro atoms. The lowest BCUT2D eigenvalue weighted by Gasteiger charge is -2.35. The van der Waals surface area contributed by atoms with Crippen LogP contribution in [0, 0.1) is 5.92 Å². The molecule has 3 heterocycles. The first-order valence-corrected chi connectivity index (χ1v) is 11.2. The zero-order chi connectivity index (χ0) is 22.9. The van der Waals surface area contributed by atoms with Gasteiger partial charge in [0.1, 0.15) is 6.54 Å². The SMILES string of the molecule is CCc1nc(/C(N)=C(\Cn2ncc(CC3CC3)n2)N(C)N)ccc1N1CCCC(F)(F)C1. The number of anilines is 1. The van der Waals surface area contributed by atoms with Crippen LogP contribution in [0.3, 0.4) is 0 Å². The second-order valence-electron chi connectivity index (χ2n) is 8.88. The Labute approximate surface area is 187 Å². The van der Waals surface area contributed by atoms with Gasteiger partial charge in [-0.25, -0.2) is 19.6 Å². The highest BCUT2D eigenvalue weighted by molar-refractivity contribution is 5.65. The molecule has 1 saturated heterocycles. The minimum atomic E-state index is -2.68. The van der Waals surface area contributed by atoms with Crippen molar-refractivity contribution in [3.8, 4) is 0 Å². The second-order valence-corrected chi connectivity index (χ2v) is 8.88. The van der Waals surface area contributed by atoms with Gasteiger partial charge in [0.2, 0.25) is 0 Å². The molecule has 8 nitrogen and oxygen atoms in total. The van der Waals surface area contributed by atoms with Gasteiger partial charge < -0.3 is 15.6 Å². The number of nitrogens with two attached hydrogens (primary N) is 2. The first-order chi connectivity index (χ1) is 15.3. The number of piperidine rings is 1. The lowest BCUT2D eigenvalue weighted by molar-refractivity contribution is -0.0117. The minimum absolute atomic E-state index is 0.0673. The van der Waals surface area contributed by atoms with Crippen molar-refractivity contribution >= 4 is 11.4 Å². The fourth-order valence-electron chi connectivity index (χ4n) is 4.15. The highest BCUT2D eigenvalue weighted by Crippen LogP contribution is 2.33. The van der Waals surface area contributed by atoms with Gasteiger partial charge in [0.25, 0.3) is 5.92 Å². The largest absolute Gasteiger partial charge is 0.395 e. The van der Waals surface area contributed by atoms with Crippen LogP contribution in [0.25, 0.3) is 5.70 Å². The van der Waals surface area contributed by atoms with Crippen molar-refractivity contribution in [1.29, 1.82) is 0 Å². The summed E-state index contributed by atoms with van der Waals surface area (Å²) in [4.78, 5) is 8.03. The van der Waals surface area contributed by atoms with Gasteiger partial charge in [-0.3, -0.25) is 0 Å². The van der Waals surface area contributed by atoms with E-state index in [1.165, 1.54) is 17.9 Å². The molecule has 4 N–H and O–H groups in total. The number of hydrogen-bond donors (Lipinski definition) is 2. The number of hydrogen-bond acceptors (Lipinski definition) is 7. The van der Waals surface area contributed by atoms with E-state index in [0.29, 0.717) is 43.0 Å². The molecular weight excluding hydrogens is 414 g/mol. The molecule has 2 fully saturated rings. The van der Waals surface area contributed by atoms with Crippen molar-refractivity contribution in [3.05, 3.63) is 41.1 Å². The summed E-state index contributed by atoms with van der Waals surface area (Å²) in [5.41, 5.74) is 10.5. The quantitative estimate of drug-likeness (QED) is 0.475. The number of likely N-dealkylation sites (N-methyl/N-ethyl adjacent to an activating group) is 1. The number of pyridine rings is 1. The maximum absolute atomic E-state index is 13.9. The molecule has 32 heavy (non-hydrogen) atoms. The first-order valence-electron chi connectivity index (χ1n) is 11.2. The predicted octanol–water partition coefficient (Wildman–Crippen LogP) is 2.56. The van der Waals surface area contributed by atoms with E-state index >= 15 is 0 Å². The van der Waals surface area contributed by atoms with Gasteiger partial charge in [0.05, 0.1) is 46.9 Å². The van der Waals surface area contributed by atoms with Crippen LogP contribution in [0.4, 0.5) is 14.5 Å². The summed E-state index contributed by atoms with van der Waals surface area (Å²) in [6.07, 6.45) is 6.26. The minimum Gasteiger partial charge on any atom is -0.395 e. The van der Waals surface area contributed by atoms with Crippen molar-refractivity contribution in [3.63, 3.8) is 0 Å². The van der Waals surface area contributed by atoms with Crippen molar-refractivity contribution in [1.82, 2.24) is 25.0 Å². The Morgan fingerprint density at radius 2 is 2.09 bits per heavy atom. The topological polar surface area (TPSA) is 102 Å². The molecule has 4 rings (SSSR count). The Morgan fingerprint density at radius 1 is 1.31 bits per heavy atom.